The summed E-state index contributed by atoms with van der Waals surface area (Å²) in [5, 5.41) is 3.59. The lowest BCUT2D eigenvalue weighted by Gasteiger charge is -2.19. The summed E-state index contributed by atoms with van der Waals surface area (Å²) in [6.45, 7) is 3.76. The highest BCUT2D eigenvalue weighted by Crippen LogP contribution is 2.26. The van der Waals surface area contributed by atoms with Gasteiger partial charge in [0, 0.05) is 5.02 Å². The van der Waals surface area contributed by atoms with Gasteiger partial charge in [0.05, 0.1) is 21.6 Å². The third-order valence-electron chi connectivity index (χ3n) is 2.44. The second-order valence-corrected chi connectivity index (χ2v) is 5.55. The molecule has 0 spiro atoms. The Hall–Kier alpha value is -0.840. The van der Waals surface area contributed by atoms with E-state index in [1.54, 1.807) is 18.2 Å². The SMILES string of the molecule is CC(C)C(C(=O)Nc1ccc(Cl)cc1Cl)C(N)=S. The van der Waals surface area contributed by atoms with Crippen LogP contribution in [0.3, 0.4) is 0 Å². The molecule has 18 heavy (non-hydrogen) atoms. The maximum Gasteiger partial charge on any atom is 0.234 e. The number of thiocarbonyl (C=S) groups is 1. The van der Waals surface area contributed by atoms with Crippen LogP contribution in [0.25, 0.3) is 0 Å². The number of hydrogen-bond donors (Lipinski definition) is 2. The molecule has 6 heteroatoms. The van der Waals surface area contributed by atoms with E-state index in [4.69, 9.17) is 41.2 Å². The van der Waals surface area contributed by atoms with Crippen molar-refractivity contribution in [2.45, 2.75) is 13.8 Å². The van der Waals surface area contributed by atoms with Crippen LogP contribution in [0.4, 0.5) is 5.69 Å². The minimum Gasteiger partial charge on any atom is -0.393 e. The predicted molar refractivity (Wildman–Crippen MR) is 80.2 cm³/mol. The maximum atomic E-state index is 12.1. The van der Waals surface area contributed by atoms with Crippen LogP contribution in [0.15, 0.2) is 18.2 Å². The molecule has 1 rings (SSSR count). The van der Waals surface area contributed by atoms with Gasteiger partial charge in [-0.15, -0.1) is 0 Å². The molecule has 3 nitrogen and oxygen atoms in total. The Labute approximate surface area is 122 Å². The van der Waals surface area contributed by atoms with E-state index in [0.29, 0.717) is 15.7 Å². The number of nitrogens with two attached hydrogens (primary N) is 1. The van der Waals surface area contributed by atoms with Crippen molar-refractivity contribution in [2.24, 2.45) is 17.6 Å². The van der Waals surface area contributed by atoms with Crippen molar-refractivity contribution in [1.29, 1.82) is 0 Å². The van der Waals surface area contributed by atoms with Gasteiger partial charge < -0.3 is 11.1 Å². The molecule has 98 valence electrons. The predicted octanol–water partition coefficient (Wildman–Crippen LogP) is 3.49. The van der Waals surface area contributed by atoms with Gasteiger partial charge in [-0.05, 0) is 24.1 Å². The van der Waals surface area contributed by atoms with Crippen LogP contribution in [0.5, 0.6) is 0 Å². The van der Waals surface area contributed by atoms with Crippen LogP contribution < -0.4 is 11.1 Å². The Bertz CT molecular complexity index is 477. The summed E-state index contributed by atoms with van der Waals surface area (Å²) in [6, 6.07) is 4.84. The lowest BCUT2D eigenvalue weighted by atomic mass is 9.95. The molecule has 0 aliphatic heterocycles. The third kappa shape index (κ3) is 3.83. The fourth-order valence-electron chi connectivity index (χ4n) is 1.56. The maximum absolute atomic E-state index is 12.1. The smallest absolute Gasteiger partial charge is 0.234 e. The summed E-state index contributed by atoms with van der Waals surface area (Å²) in [4.78, 5) is 12.2. The van der Waals surface area contributed by atoms with Crippen molar-refractivity contribution in [3.05, 3.63) is 28.2 Å². The van der Waals surface area contributed by atoms with Crippen LogP contribution in [-0.4, -0.2) is 10.9 Å². The van der Waals surface area contributed by atoms with Crippen molar-refractivity contribution in [3.63, 3.8) is 0 Å². The monoisotopic (exact) mass is 304 g/mol. The van der Waals surface area contributed by atoms with Crippen LogP contribution >= 0.6 is 35.4 Å². The Morgan fingerprint density at radius 2 is 2.00 bits per heavy atom. The van der Waals surface area contributed by atoms with Gasteiger partial charge in [-0.25, -0.2) is 0 Å². The molecule has 0 radical (unpaired) electrons. The van der Waals surface area contributed by atoms with E-state index in [2.05, 4.69) is 5.32 Å². The second-order valence-electron chi connectivity index (χ2n) is 4.24. The highest BCUT2D eigenvalue weighted by atomic mass is 35.5. The van der Waals surface area contributed by atoms with Gasteiger partial charge in [0.15, 0.2) is 0 Å². The second kappa shape index (κ2) is 6.36. The fourth-order valence-corrected chi connectivity index (χ4v) is 2.40. The summed E-state index contributed by atoms with van der Waals surface area (Å²) in [5.74, 6) is -0.762. The molecule has 0 saturated carbocycles. The molecule has 0 bridgehead atoms. The summed E-state index contributed by atoms with van der Waals surface area (Å²) >= 11 is 16.7. The normalized spacial score (nSPS) is 12.3. The standard InChI is InChI=1S/C12H14Cl2N2OS/c1-6(2)10(11(15)18)12(17)16-9-4-3-7(13)5-8(9)14/h3-6,10H,1-2H3,(H2,15,18)(H,16,17). The first-order chi connectivity index (χ1) is 8.32. The zero-order valence-corrected chi connectivity index (χ0v) is 12.4. The zero-order valence-electron chi connectivity index (χ0n) is 10.0. The van der Waals surface area contributed by atoms with Gasteiger partial charge in [0.1, 0.15) is 0 Å². The molecule has 1 unspecified atom stereocenters. The average Bonchev–Trinajstić information content (AvgIpc) is 2.21. The number of amides is 1. The number of carbonyl (C=O) groups excluding carboxylic acids is 1. The van der Waals surface area contributed by atoms with E-state index >= 15 is 0 Å². The molecule has 1 atom stereocenters. The number of hydrogen-bond acceptors (Lipinski definition) is 2. The van der Waals surface area contributed by atoms with Gasteiger partial charge in [0.25, 0.3) is 0 Å². The molecular formula is C12H14Cl2N2OS. The van der Waals surface area contributed by atoms with E-state index in [9.17, 15) is 4.79 Å². The Balaban J connectivity index is 2.89. The van der Waals surface area contributed by atoms with E-state index in [1.807, 2.05) is 13.8 Å². The van der Waals surface area contributed by atoms with Crippen molar-refractivity contribution < 1.29 is 4.79 Å². The van der Waals surface area contributed by atoms with Gasteiger partial charge >= 0.3 is 0 Å². The molecular weight excluding hydrogens is 291 g/mol. The molecule has 0 fully saturated rings. The Morgan fingerprint density at radius 1 is 1.39 bits per heavy atom. The largest absolute Gasteiger partial charge is 0.393 e. The van der Waals surface area contributed by atoms with Crippen LogP contribution in [-0.2, 0) is 4.79 Å². The number of carbonyl (C=O) groups is 1. The van der Waals surface area contributed by atoms with E-state index in [-0.39, 0.29) is 16.8 Å². The van der Waals surface area contributed by atoms with E-state index < -0.39 is 5.92 Å². The molecule has 3 N–H and O–H groups in total. The van der Waals surface area contributed by atoms with Crippen LogP contribution in [0.2, 0.25) is 10.0 Å². The van der Waals surface area contributed by atoms with Crippen molar-refractivity contribution >= 4 is 52.0 Å². The first kappa shape index (κ1) is 15.2. The summed E-state index contributed by atoms with van der Waals surface area (Å²) in [5.41, 5.74) is 6.06. The molecule has 1 amide bonds. The minimum atomic E-state index is -0.522. The van der Waals surface area contributed by atoms with Crippen LogP contribution in [0.1, 0.15) is 13.8 Å². The summed E-state index contributed by atoms with van der Waals surface area (Å²) in [6.07, 6.45) is 0. The summed E-state index contributed by atoms with van der Waals surface area (Å²) < 4.78 is 0. The first-order valence-corrected chi connectivity index (χ1v) is 6.54. The highest BCUT2D eigenvalue weighted by molar-refractivity contribution is 7.80. The number of anilines is 1. The molecule has 1 aromatic carbocycles. The molecule has 1 aromatic rings. The topological polar surface area (TPSA) is 55.1 Å². The van der Waals surface area contributed by atoms with Gasteiger partial charge in [-0.3, -0.25) is 4.79 Å². The number of benzene rings is 1. The number of halogens is 2. The first-order valence-electron chi connectivity index (χ1n) is 5.38. The van der Waals surface area contributed by atoms with Crippen molar-refractivity contribution in [2.75, 3.05) is 5.32 Å². The average molecular weight is 305 g/mol. The fraction of sp³-hybridized carbons (Fsp3) is 0.333. The molecule has 0 aliphatic carbocycles. The molecule has 0 saturated heterocycles. The number of nitrogens with one attached hydrogen (secondary N) is 1. The zero-order chi connectivity index (χ0) is 13.9. The third-order valence-corrected chi connectivity index (χ3v) is 3.25. The quantitative estimate of drug-likeness (QED) is 0.837. The van der Waals surface area contributed by atoms with Crippen LogP contribution in [0, 0.1) is 11.8 Å². The lowest BCUT2D eigenvalue weighted by molar-refractivity contribution is -0.118. The van der Waals surface area contributed by atoms with Crippen molar-refractivity contribution in [3.8, 4) is 0 Å². The van der Waals surface area contributed by atoms with E-state index in [0.717, 1.165) is 0 Å². The van der Waals surface area contributed by atoms with E-state index in [1.165, 1.54) is 0 Å². The molecule has 0 aromatic heterocycles. The Kier molecular flexibility index (Phi) is 5.38. The van der Waals surface area contributed by atoms with Gasteiger partial charge in [-0.1, -0.05) is 49.3 Å². The minimum absolute atomic E-state index is 0.0218. The highest BCUT2D eigenvalue weighted by Gasteiger charge is 2.25. The molecule has 0 aliphatic rings. The Morgan fingerprint density at radius 3 is 2.44 bits per heavy atom. The lowest BCUT2D eigenvalue weighted by Crippen LogP contribution is -2.36. The van der Waals surface area contributed by atoms with Crippen molar-refractivity contribution in [1.82, 2.24) is 0 Å². The number of rotatable bonds is 4. The summed E-state index contributed by atoms with van der Waals surface area (Å²) in [7, 11) is 0. The molecule has 0 heterocycles. The van der Waals surface area contributed by atoms with Gasteiger partial charge in [0.2, 0.25) is 5.91 Å². The van der Waals surface area contributed by atoms with Gasteiger partial charge in [-0.2, -0.15) is 0 Å².